The van der Waals surface area contributed by atoms with Gasteiger partial charge in [-0.25, -0.2) is 0 Å². The summed E-state index contributed by atoms with van der Waals surface area (Å²) in [5, 5.41) is 7.42. The van der Waals surface area contributed by atoms with Crippen LogP contribution in [0.25, 0.3) is 0 Å². The van der Waals surface area contributed by atoms with Crippen LogP contribution in [-0.2, 0) is 6.42 Å². The average molecular weight is 292 g/mol. The van der Waals surface area contributed by atoms with Gasteiger partial charge >= 0.3 is 0 Å². The maximum absolute atomic E-state index is 5.33. The maximum atomic E-state index is 5.33. The van der Waals surface area contributed by atoms with Crippen LogP contribution < -0.4 is 10.6 Å². The zero-order chi connectivity index (χ0) is 14.8. The Labute approximate surface area is 129 Å². The Morgan fingerprint density at radius 2 is 1.80 bits per heavy atom. The molecule has 1 aromatic carbocycles. The molecular weight excluding hydrogens is 264 g/mol. The molecule has 20 heavy (non-hydrogen) atoms. The Morgan fingerprint density at radius 1 is 1.10 bits per heavy atom. The van der Waals surface area contributed by atoms with Crippen molar-refractivity contribution in [2.24, 2.45) is 5.92 Å². The molecule has 0 aliphatic rings. The second-order valence-corrected chi connectivity index (χ2v) is 6.27. The highest BCUT2D eigenvalue weighted by molar-refractivity contribution is 7.80. The van der Waals surface area contributed by atoms with E-state index in [0.717, 1.165) is 24.0 Å². The molecule has 0 aliphatic heterocycles. The summed E-state index contributed by atoms with van der Waals surface area (Å²) < 4.78 is 0. The molecule has 0 amide bonds. The summed E-state index contributed by atoms with van der Waals surface area (Å²) in [5.41, 5.74) is 1.34. The van der Waals surface area contributed by atoms with E-state index in [2.05, 4.69) is 55.7 Å². The van der Waals surface area contributed by atoms with Crippen molar-refractivity contribution in [2.75, 3.05) is 6.54 Å². The molecule has 3 heteroatoms. The van der Waals surface area contributed by atoms with Crippen molar-refractivity contribution < 1.29 is 0 Å². The van der Waals surface area contributed by atoms with Crippen LogP contribution in [0.15, 0.2) is 30.3 Å². The lowest BCUT2D eigenvalue weighted by atomic mass is 10.0. The predicted molar refractivity (Wildman–Crippen MR) is 92.0 cm³/mol. The van der Waals surface area contributed by atoms with Crippen molar-refractivity contribution in [3.63, 3.8) is 0 Å². The van der Waals surface area contributed by atoms with Crippen molar-refractivity contribution in [3.8, 4) is 0 Å². The number of hydrogen-bond donors (Lipinski definition) is 2. The summed E-state index contributed by atoms with van der Waals surface area (Å²) in [6, 6.07) is 10.9. The van der Waals surface area contributed by atoms with Crippen molar-refractivity contribution >= 4 is 17.3 Å². The molecule has 0 aromatic heterocycles. The Balaban J connectivity index is 2.10. The highest BCUT2D eigenvalue weighted by atomic mass is 32.1. The molecule has 0 fully saturated rings. The first-order chi connectivity index (χ1) is 9.58. The molecule has 0 aliphatic carbocycles. The van der Waals surface area contributed by atoms with Gasteiger partial charge in [-0.3, -0.25) is 0 Å². The van der Waals surface area contributed by atoms with Gasteiger partial charge in [0.15, 0.2) is 5.11 Å². The summed E-state index contributed by atoms with van der Waals surface area (Å²) in [5.74, 6) is 0.790. The quantitative estimate of drug-likeness (QED) is 0.710. The van der Waals surface area contributed by atoms with Crippen LogP contribution in [0.1, 0.15) is 45.6 Å². The number of hydrogen-bond acceptors (Lipinski definition) is 1. The third-order valence-electron chi connectivity index (χ3n) is 3.34. The van der Waals surface area contributed by atoms with E-state index in [9.17, 15) is 0 Å². The zero-order valence-electron chi connectivity index (χ0n) is 13.0. The molecule has 0 heterocycles. The third kappa shape index (κ3) is 8.16. The first kappa shape index (κ1) is 17.0. The van der Waals surface area contributed by atoms with E-state index >= 15 is 0 Å². The molecule has 0 saturated heterocycles. The van der Waals surface area contributed by atoms with Crippen LogP contribution >= 0.6 is 12.2 Å². The van der Waals surface area contributed by atoms with Gasteiger partial charge in [0.25, 0.3) is 0 Å². The molecule has 0 bridgehead atoms. The van der Waals surface area contributed by atoms with E-state index in [0.29, 0.717) is 6.04 Å². The molecule has 1 rings (SSSR count). The molecule has 0 saturated carbocycles. The summed E-state index contributed by atoms with van der Waals surface area (Å²) in [6.45, 7) is 7.63. The molecule has 1 unspecified atom stereocenters. The predicted octanol–water partition coefficient (Wildman–Crippen LogP) is 3.91. The van der Waals surface area contributed by atoms with Gasteiger partial charge in [-0.05, 0) is 43.5 Å². The lowest BCUT2D eigenvalue weighted by molar-refractivity contribution is 0.493. The molecule has 2 nitrogen and oxygen atoms in total. The second-order valence-electron chi connectivity index (χ2n) is 5.86. The molecule has 0 spiro atoms. The minimum Gasteiger partial charge on any atom is -0.362 e. The van der Waals surface area contributed by atoms with Crippen LogP contribution in [-0.4, -0.2) is 17.7 Å². The van der Waals surface area contributed by atoms with E-state index in [4.69, 9.17) is 12.2 Å². The SMILES string of the molecule is CC(C)CCCC(C)NC(=S)NCCc1ccccc1. The average Bonchev–Trinajstić information content (AvgIpc) is 2.39. The van der Waals surface area contributed by atoms with Gasteiger partial charge in [-0.15, -0.1) is 0 Å². The Bertz CT molecular complexity index is 376. The summed E-state index contributed by atoms with van der Waals surface area (Å²) in [6.07, 6.45) is 4.74. The fraction of sp³-hybridized carbons (Fsp3) is 0.588. The molecule has 1 atom stereocenters. The molecule has 0 radical (unpaired) electrons. The minimum absolute atomic E-state index is 0.450. The molecule has 1 aromatic rings. The highest BCUT2D eigenvalue weighted by Crippen LogP contribution is 2.08. The number of thiocarbonyl (C=S) groups is 1. The van der Waals surface area contributed by atoms with Gasteiger partial charge in [-0.1, -0.05) is 57.0 Å². The van der Waals surface area contributed by atoms with Crippen molar-refractivity contribution in [1.29, 1.82) is 0 Å². The Hall–Kier alpha value is -1.09. The second kappa shape index (κ2) is 9.76. The van der Waals surface area contributed by atoms with Gasteiger partial charge in [0.1, 0.15) is 0 Å². The fourth-order valence-electron chi connectivity index (χ4n) is 2.14. The van der Waals surface area contributed by atoms with Crippen LogP contribution in [0.4, 0.5) is 0 Å². The van der Waals surface area contributed by atoms with Gasteiger partial charge in [0.2, 0.25) is 0 Å². The Morgan fingerprint density at radius 3 is 2.45 bits per heavy atom. The van der Waals surface area contributed by atoms with Crippen LogP contribution in [0.3, 0.4) is 0 Å². The first-order valence-corrected chi connectivity index (χ1v) is 8.07. The van der Waals surface area contributed by atoms with Crippen molar-refractivity contribution in [1.82, 2.24) is 10.6 Å². The lowest BCUT2D eigenvalue weighted by Crippen LogP contribution is -2.41. The maximum Gasteiger partial charge on any atom is 0.166 e. The standard InChI is InChI=1S/C17H28N2S/c1-14(2)8-7-9-15(3)19-17(20)18-13-12-16-10-5-4-6-11-16/h4-6,10-11,14-15H,7-9,12-13H2,1-3H3,(H2,18,19,20). The van der Waals surface area contributed by atoms with Gasteiger partial charge in [0, 0.05) is 12.6 Å². The molecule has 112 valence electrons. The molecular formula is C17H28N2S. The Kier molecular flexibility index (Phi) is 8.28. The summed E-state index contributed by atoms with van der Waals surface area (Å²) >= 11 is 5.33. The third-order valence-corrected chi connectivity index (χ3v) is 3.60. The summed E-state index contributed by atoms with van der Waals surface area (Å²) in [4.78, 5) is 0. The van der Waals surface area contributed by atoms with E-state index in [1.54, 1.807) is 0 Å². The summed E-state index contributed by atoms with van der Waals surface area (Å²) in [7, 11) is 0. The zero-order valence-corrected chi connectivity index (χ0v) is 13.8. The van der Waals surface area contributed by atoms with E-state index in [1.807, 2.05) is 6.07 Å². The number of benzene rings is 1. The smallest absolute Gasteiger partial charge is 0.166 e. The fourth-order valence-corrected chi connectivity index (χ4v) is 2.45. The minimum atomic E-state index is 0.450. The van der Waals surface area contributed by atoms with Crippen molar-refractivity contribution in [3.05, 3.63) is 35.9 Å². The number of nitrogens with one attached hydrogen (secondary N) is 2. The van der Waals surface area contributed by atoms with E-state index in [1.165, 1.54) is 24.8 Å². The first-order valence-electron chi connectivity index (χ1n) is 7.66. The van der Waals surface area contributed by atoms with Gasteiger partial charge in [-0.2, -0.15) is 0 Å². The van der Waals surface area contributed by atoms with E-state index in [-0.39, 0.29) is 0 Å². The van der Waals surface area contributed by atoms with Crippen LogP contribution in [0.2, 0.25) is 0 Å². The van der Waals surface area contributed by atoms with Crippen LogP contribution in [0, 0.1) is 5.92 Å². The topological polar surface area (TPSA) is 24.1 Å². The van der Waals surface area contributed by atoms with Crippen molar-refractivity contribution in [2.45, 2.75) is 52.5 Å². The van der Waals surface area contributed by atoms with Gasteiger partial charge in [0.05, 0.1) is 0 Å². The lowest BCUT2D eigenvalue weighted by Gasteiger charge is -2.17. The van der Waals surface area contributed by atoms with Crippen LogP contribution in [0.5, 0.6) is 0 Å². The number of rotatable bonds is 8. The highest BCUT2D eigenvalue weighted by Gasteiger charge is 2.04. The normalized spacial score (nSPS) is 12.2. The monoisotopic (exact) mass is 292 g/mol. The molecule has 2 N–H and O–H groups in total. The largest absolute Gasteiger partial charge is 0.362 e. The van der Waals surface area contributed by atoms with E-state index < -0.39 is 0 Å². The van der Waals surface area contributed by atoms with Gasteiger partial charge < -0.3 is 10.6 Å².